The number of carboxylic acids is 1. The van der Waals surface area contributed by atoms with Crippen molar-refractivity contribution in [1.29, 1.82) is 0 Å². The quantitative estimate of drug-likeness (QED) is 0.724. The molecule has 0 saturated carbocycles. The number of nitrogens with zero attached hydrogens (tertiary/aromatic N) is 1. The van der Waals surface area contributed by atoms with E-state index in [2.05, 4.69) is 0 Å². The fourth-order valence-corrected chi connectivity index (χ4v) is 4.83. The Kier molecular flexibility index (Phi) is 6.00. The Balaban J connectivity index is 2.15. The molecule has 1 aromatic rings. The van der Waals surface area contributed by atoms with Crippen LogP contribution in [0, 0.1) is 11.8 Å². The van der Waals surface area contributed by atoms with Crippen LogP contribution in [0.1, 0.15) is 43.4 Å². The first-order valence-electron chi connectivity index (χ1n) is 9.71. The first-order chi connectivity index (χ1) is 13.9. The van der Waals surface area contributed by atoms with Gasteiger partial charge in [-0.15, -0.1) is 0 Å². The lowest BCUT2D eigenvalue weighted by atomic mass is 9.70. The van der Waals surface area contributed by atoms with Crippen molar-refractivity contribution < 1.29 is 33.7 Å². The molecule has 29 heavy (non-hydrogen) atoms. The Hall–Kier alpha value is -2.77. The molecular weight excluding hydrogens is 378 g/mol. The van der Waals surface area contributed by atoms with Gasteiger partial charge in [0.15, 0.2) is 11.5 Å². The zero-order valence-electron chi connectivity index (χ0n) is 17.1. The van der Waals surface area contributed by atoms with E-state index < -0.39 is 18.1 Å². The van der Waals surface area contributed by atoms with Gasteiger partial charge >= 0.3 is 11.9 Å². The number of hydrogen-bond donors (Lipinski definition) is 1. The molecule has 158 valence electrons. The van der Waals surface area contributed by atoms with Gasteiger partial charge in [0.05, 0.1) is 27.4 Å². The normalized spacial score (nSPS) is 25.7. The van der Waals surface area contributed by atoms with E-state index in [0.29, 0.717) is 17.9 Å². The largest absolute Gasteiger partial charge is 0.493 e. The van der Waals surface area contributed by atoms with Crippen molar-refractivity contribution in [3.8, 4) is 11.5 Å². The maximum atomic E-state index is 13.0. The van der Waals surface area contributed by atoms with Crippen LogP contribution in [0.15, 0.2) is 12.1 Å². The molecule has 0 unspecified atom stereocenters. The second kappa shape index (κ2) is 8.31. The van der Waals surface area contributed by atoms with Gasteiger partial charge in [-0.3, -0.25) is 9.59 Å². The van der Waals surface area contributed by atoms with E-state index in [1.54, 1.807) is 6.07 Å². The van der Waals surface area contributed by atoms with Gasteiger partial charge in [-0.05, 0) is 35.1 Å². The molecule has 1 N–H and O–H groups in total. The number of hydrogen-bond acceptors (Lipinski definition) is 6. The summed E-state index contributed by atoms with van der Waals surface area (Å²) in [7, 11) is 4.39. The van der Waals surface area contributed by atoms with Gasteiger partial charge in [0, 0.05) is 19.3 Å². The molecule has 3 rings (SSSR count). The summed E-state index contributed by atoms with van der Waals surface area (Å²) in [4.78, 5) is 38.5. The van der Waals surface area contributed by atoms with E-state index in [1.807, 2.05) is 13.0 Å². The molecule has 4 atom stereocenters. The van der Waals surface area contributed by atoms with Crippen LogP contribution in [0.25, 0.3) is 0 Å². The van der Waals surface area contributed by atoms with Gasteiger partial charge in [-0.2, -0.15) is 0 Å². The second-order valence-corrected chi connectivity index (χ2v) is 7.53. The van der Waals surface area contributed by atoms with Crippen LogP contribution in [-0.2, 0) is 25.5 Å². The van der Waals surface area contributed by atoms with Crippen LogP contribution in [0.5, 0.6) is 11.5 Å². The average molecular weight is 405 g/mol. The van der Waals surface area contributed by atoms with Crippen molar-refractivity contribution in [2.45, 2.75) is 44.7 Å². The van der Waals surface area contributed by atoms with E-state index in [-0.39, 0.29) is 43.0 Å². The predicted octanol–water partition coefficient (Wildman–Crippen LogP) is 2.19. The summed E-state index contributed by atoms with van der Waals surface area (Å²) in [5.74, 6) is -0.901. The molecule has 1 aromatic carbocycles. The lowest BCUT2D eigenvalue weighted by Gasteiger charge is -2.50. The van der Waals surface area contributed by atoms with Crippen LogP contribution in [0.4, 0.5) is 0 Å². The van der Waals surface area contributed by atoms with Crippen LogP contribution in [0.3, 0.4) is 0 Å². The molecule has 8 heteroatoms. The standard InChI is InChI=1S/C21H27NO7/c1-5-13-12(9-19(24)29-4)8-18(23)22-15(21(25)26)6-11-7-16(27-2)17(28-3)10-14(11)20(13)22/h7,10,12-13,15,20H,5-6,8-9H2,1-4H3,(H,25,26)/t12-,13-,15+,20-/m1/s1. The van der Waals surface area contributed by atoms with Crippen molar-refractivity contribution in [2.24, 2.45) is 11.8 Å². The summed E-state index contributed by atoms with van der Waals surface area (Å²) < 4.78 is 15.6. The number of carbonyl (C=O) groups is 3. The van der Waals surface area contributed by atoms with Gasteiger partial charge < -0.3 is 24.2 Å². The molecule has 2 heterocycles. The molecule has 0 aromatic heterocycles. The first-order valence-corrected chi connectivity index (χ1v) is 9.71. The highest BCUT2D eigenvalue weighted by Gasteiger charge is 2.50. The van der Waals surface area contributed by atoms with Crippen molar-refractivity contribution in [3.05, 3.63) is 23.3 Å². The van der Waals surface area contributed by atoms with E-state index in [0.717, 1.165) is 11.1 Å². The zero-order valence-corrected chi connectivity index (χ0v) is 17.1. The third-order valence-corrected chi connectivity index (χ3v) is 6.16. The molecule has 1 saturated heterocycles. The van der Waals surface area contributed by atoms with Gasteiger partial charge in [0.25, 0.3) is 0 Å². The Bertz CT molecular complexity index is 821. The third kappa shape index (κ3) is 3.63. The van der Waals surface area contributed by atoms with Gasteiger partial charge in [-0.1, -0.05) is 13.3 Å². The molecule has 2 aliphatic heterocycles. The highest BCUT2D eigenvalue weighted by Crippen LogP contribution is 2.50. The first kappa shape index (κ1) is 21.0. The molecule has 2 aliphatic rings. The van der Waals surface area contributed by atoms with Gasteiger partial charge in [-0.25, -0.2) is 4.79 Å². The maximum absolute atomic E-state index is 13.0. The highest BCUT2D eigenvalue weighted by molar-refractivity contribution is 5.86. The summed E-state index contributed by atoms with van der Waals surface area (Å²) in [6.45, 7) is 1.99. The Morgan fingerprint density at radius 2 is 1.79 bits per heavy atom. The van der Waals surface area contributed by atoms with Crippen molar-refractivity contribution in [1.82, 2.24) is 4.90 Å². The molecule has 0 spiro atoms. The number of aliphatic carboxylic acids is 1. The molecular formula is C21H27NO7. The molecule has 1 fully saturated rings. The van der Waals surface area contributed by atoms with Crippen LogP contribution >= 0.6 is 0 Å². The smallest absolute Gasteiger partial charge is 0.326 e. The number of piperidine rings is 1. The highest BCUT2D eigenvalue weighted by atomic mass is 16.5. The number of ether oxygens (including phenoxy) is 3. The molecule has 0 radical (unpaired) electrons. The minimum Gasteiger partial charge on any atom is -0.493 e. The van der Waals surface area contributed by atoms with Gasteiger partial charge in [0.2, 0.25) is 5.91 Å². The average Bonchev–Trinajstić information content (AvgIpc) is 2.71. The monoisotopic (exact) mass is 405 g/mol. The molecule has 1 amide bonds. The van der Waals surface area contributed by atoms with Crippen molar-refractivity contribution in [2.75, 3.05) is 21.3 Å². The van der Waals surface area contributed by atoms with Crippen LogP contribution in [-0.4, -0.2) is 55.2 Å². The van der Waals surface area contributed by atoms with E-state index in [1.165, 1.54) is 26.2 Å². The van der Waals surface area contributed by atoms with Crippen molar-refractivity contribution >= 4 is 17.8 Å². The van der Waals surface area contributed by atoms with Crippen LogP contribution < -0.4 is 9.47 Å². The number of rotatable bonds is 6. The predicted molar refractivity (Wildman–Crippen MR) is 103 cm³/mol. The number of esters is 1. The van der Waals surface area contributed by atoms with Crippen LogP contribution in [0.2, 0.25) is 0 Å². The zero-order chi connectivity index (χ0) is 21.3. The molecule has 8 nitrogen and oxygen atoms in total. The minimum absolute atomic E-state index is 0.0780. The summed E-state index contributed by atoms with van der Waals surface area (Å²) in [6, 6.07) is 2.23. The summed E-state index contributed by atoms with van der Waals surface area (Å²) in [5, 5.41) is 9.83. The number of fused-ring (bicyclic) bond motifs is 3. The number of carboxylic acid groups (broad SMARTS) is 1. The van der Waals surface area contributed by atoms with Gasteiger partial charge in [0.1, 0.15) is 6.04 Å². The summed E-state index contributed by atoms with van der Waals surface area (Å²) in [5.41, 5.74) is 1.68. The van der Waals surface area contributed by atoms with E-state index >= 15 is 0 Å². The molecule has 0 aliphatic carbocycles. The SMILES string of the molecule is CC[C@@H]1[C@@H](CC(=O)OC)CC(=O)N2[C@H](C(=O)O)Cc3cc(OC)c(OC)cc3[C@@H]12. The minimum atomic E-state index is -1.04. The Labute approximate surface area is 169 Å². The van der Waals surface area contributed by atoms with E-state index in [9.17, 15) is 19.5 Å². The second-order valence-electron chi connectivity index (χ2n) is 7.53. The third-order valence-electron chi connectivity index (χ3n) is 6.16. The number of methoxy groups -OCH3 is 3. The Morgan fingerprint density at radius 1 is 1.14 bits per heavy atom. The van der Waals surface area contributed by atoms with E-state index in [4.69, 9.17) is 14.2 Å². The molecule has 0 bridgehead atoms. The lowest BCUT2D eigenvalue weighted by molar-refractivity contribution is -0.162. The maximum Gasteiger partial charge on any atom is 0.326 e. The fourth-order valence-electron chi connectivity index (χ4n) is 4.83. The lowest BCUT2D eigenvalue weighted by Crippen LogP contribution is -2.57. The summed E-state index contributed by atoms with van der Waals surface area (Å²) >= 11 is 0. The number of benzene rings is 1. The topological polar surface area (TPSA) is 102 Å². The summed E-state index contributed by atoms with van der Waals surface area (Å²) in [6.07, 6.45) is 1.16. The number of amides is 1. The Morgan fingerprint density at radius 3 is 2.34 bits per heavy atom. The van der Waals surface area contributed by atoms with Crippen molar-refractivity contribution in [3.63, 3.8) is 0 Å². The number of carbonyl (C=O) groups excluding carboxylic acids is 2. The fraction of sp³-hybridized carbons (Fsp3) is 0.571.